The number of hydrogen-bond acceptors (Lipinski definition) is 7. The third-order valence-corrected chi connectivity index (χ3v) is 6.97. The van der Waals surface area contributed by atoms with Crippen molar-refractivity contribution in [1.82, 2.24) is 9.55 Å². The van der Waals surface area contributed by atoms with Gasteiger partial charge >= 0.3 is 11.9 Å². The highest BCUT2D eigenvalue weighted by Crippen LogP contribution is 2.38. The van der Waals surface area contributed by atoms with Crippen LogP contribution in [0.25, 0.3) is 40.0 Å². The van der Waals surface area contributed by atoms with Crippen molar-refractivity contribution in [2.75, 3.05) is 28.4 Å². The van der Waals surface area contributed by atoms with Crippen molar-refractivity contribution in [3.8, 4) is 45.4 Å². The summed E-state index contributed by atoms with van der Waals surface area (Å²) in [6, 6.07) is 23.8. The van der Waals surface area contributed by atoms with E-state index in [1.165, 1.54) is 20.3 Å². The number of ether oxygens (including phenoxy) is 4. The largest absolute Gasteiger partial charge is 0.497 e. The summed E-state index contributed by atoms with van der Waals surface area (Å²) in [5.74, 6) is 1.76. The van der Waals surface area contributed by atoms with Gasteiger partial charge in [-0.3, -0.25) is 4.79 Å². The van der Waals surface area contributed by atoms with E-state index in [1.54, 1.807) is 20.3 Å². The van der Waals surface area contributed by atoms with Crippen LogP contribution in [0.2, 0.25) is 0 Å². The Morgan fingerprint density at radius 2 is 1.31 bits per heavy atom. The zero-order valence-electron chi connectivity index (χ0n) is 24.5. The first-order valence-electron chi connectivity index (χ1n) is 13.8. The molecule has 3 aromatic carbocycles. The van der Waals surface area contributed by atoms with E-state index in [-0.39, 0.29) is 5.97 Å². The second-order valence-corrected chi connectivity index (χ2v) is 9.61. The minimum Gasteiger partial charge on any atom is -0.497 e. The molecule has 0 saturated heterocycles. The second-order valence-electron chi connectivity index (χ2n) is 9.61. The van der Waals surface area contributed by atoms with E-state index >= 15 is 0 Å². The Morgan fingerprint density at radius 1 is 0.714 bits per heavy atom. The summed E-state index contributed by atoms with van der Waals surface area (Å²) in [5, 5.41) is 0. The summed E-state index contributed by atoms with van der Waals surface area (Å²) >= 11 is 0. The monoisotopic (exact) mass is 568 g/mol. The molecule has 8 nitrogen and oxygen atoms in total. The maximum absolute atomic E-state index is 11.6. The van der Waals surface area contributed by atoms with Crippen LogP contribution in [0.5, 0.6) is 11.5 Å². The molecule has 0 N–H and O–H groups in total. The predicted molar refractivity (Wildman–Crippen MR) is 163 cm³/mol. The Morgan fingerprint density at radius 3 is 1.88 bits per heavy atom. The number of esters is 2. The molecule has 0 radical (unpaired) electrons. The minimum atomic E-state index is -0.407. The standard InChI is InChI=1S/C34H36N2O6/c1-39-28-18-14-25(15-19-28)32-33(26-16-20-29(40-2)21-17-26)36(23-7-5-6-8-30(37)41-3)34(35-32)27-12-9-24(10-13-27)11-22-31(38)42-4/h9-22H,5-8,23H2,1-4H3/b22-11+. The highest BCUT2D eigenvalue weighted by atomic mass is 16.5. The Hall–Kier alpha value is -4.85. The van der Waals surface area contributed by atoms with E-state index in [9.17, 15) is 9.59 Å². The van der Waals surface area contributed by atoms with Crippen LogP contribution in [0.3, 0.4) is 0 Å². The summed E-state index contributed by atoms with van der Waals surface area (Å²) in [6.07, 6.45) is 5.98. The molecule has 0 atom stereocenters. The molecule has 4 aromatic rings. The maximum atomic E-state index is 11.6. The van der Waals surface area contributed by atoms with Crippen LogP contribution in [-0.2, 0) is 25.6 Å². The van der Waals surface area contributed by atoms with Crippen LogP contribution in [0, 0.1) is 0 Å². The van der Waals surface area contributed by atoms with Crippen molar-refractivity contribution in [3.05, 3.63) is 84.4 Å². The first kappa shape index (κ1) is 30.1. The van der Waals surface area contributed by atoms with Gasteiger partial charge in [0.05, 0.1) is 39.8 Å². The molecule has 0 unspecified atom stereocenters. The van der Waals surface area contributed by atoms with Crippen LogP contribution < -0.4 is 9.47 Å². The molecule has 0 aliphatic rings. The van der Waals surface area contributed by atoms with Gasteiger partial charge in [-0.1, -0.05) is 30.7 Å². The fourth-order valence-electron chi connectivity index (χ4n) is 4.68. The maximum Gasteiger partial charge on any atom is 0.330 e. The molecule has 1 heterocycles. The first-order valence-corrected chi connectivity index (χ1v) is 13.8. The molecule has 0 saturated carbocycles. The summed E-state index contributed by atoms with van der Waals surface area (Å²) in [6.45, 7) is 0.699. The summed E-state index contributed by atoms with van der Waals surface area (Å²) < 4.78 is 22.6. The predicted octanol–water partition coefficient (Wildman–Crippen LogP) is 6.82. The van der Waals surface area contributed by atoms with Gasteiger partial charge in [-0.15, -0.1) is 0 Å². The van der Waals surface area contributed by atoms with Crippen molar-refractivity contribution in [1.29, 1.82) is 0 Å². The molecule has 0 aliphatic heterocycles. The Kier molecular flexibility index (Phi) is 10.5. The van der Waals surface area contributed by atoms with Crippen LogP contribution in [-0.4, -0.2) is 49.9 Å². The van der Waals surface area contributed by atoms with Crippen molar-refractivity contribution in [2.45, 2.75) is 32.2 Å². The van der Waals surface area contributed by atoms with Crippen molar-refractivity contribution in [2.24, 2.45) is 0 Å². The average Bonchev–Trinajstić information content (AvgIpc) is 3.42. The highest BCUT2D eigenvalue weighted by Gasteiger charge is 2.21. The molecule has 0 amide bonds. The van der Waals surface area contributed by atoms with Gasteiger partial charge in [0, 0.05) is 35.7 Å². The van der Waals surface area contributed by atoms with Gasteiger partial charge in [0.1, 0.15) is 17.3 Å². The van der Waals surface area contributed by atoms with Crippen LogP contribution >= 0.6 is 0 Å². The molecule has 0 fully saturated rings. The SMILES string of the molecule is COC(=O)/C=C/c1ccc(-c2nc(-c3ccc(OC)cc3)c(-c3ccc(OC)cc3)n2CCCCCC(=O)OC)cc1. The van der Waals surface area contributed by atoms with E-state index in [0.717, 1.165) is 70.2 Å². The van der Waals surface area contributed by atoms with Gasteiger partial charge in [0.15, 0.2) is 0 Å². The van der Waals surface area contributed by atoms with E-state index in [2.05, 4.69) is 4.57 Å². The second kappa shape index (κ2) is 14.7. The van der Waals surface area contributed by atoms with Gasteiger partial charge in [-0.25, -0.2) is 9.78 Å². The van der Waals surface area contributed by atoms with E-state index < -0.39 is 5.97 Å². The quantitative estimate of drug-likeness (QED) is 0.0993. The number of methoxy groups -OCH3 is 4. The molecule has 42 heavy (non-hydrogen) atoms. The van der Waals surface area contributed by atoms with Crippen LogP contribution in [0.15, 0.2) is 78.9 Å². The highest BCUT2D eigenvalue weighted by molar-refractivity contribution is 5.87. The Labute approximate surface area is 246 Å². The smallest absolute Gasteiger partial charge is 0.330 e. The van der Waals surface area contributed by atoms with E-state index in [1.807, 2.05) is 72.8 Å². The lowest BCUT2D eigenvalue weighted by atomic mass is 10.0. The lowest BCUT2D eigenvalue weighted by molar-refractivity contribution is -0.140. The summed E-state index contributed by atoms with van der Waals surface area (Å²) in [5.41, 5.74) is 5.62. The Bertz CT molecular complexity index is 1500. The first-order chi connectivity index (χ1) is 20.5. The average molecular weight is 569 g/mol. The van der Waals surface area contributed by atoms with Gasteiger partial charge in [0.25, 0.3) is 0 Å². The number of aromatic nitrogens is 2. The number of unbranched alkanes of at least 4 members (excludes halogenated alkanes) is 2. The summed E-state index contributed by atoms with van der Waals surface area (Å²) in [4.78, 5) is 28.4. The third-order valence-electron chi connectivity index (χ3n) is 6.97. The molecule has 0 spiro atoms. The summed E-state index contributed by atoms with van der Waals surface area (Å²) in [7, 11) is 6.07. The van der Waals surface area contributed by atoms with Gasteiger partial charge in [-0.2, -0.15) is 0 Å². The van der Waals surface area contributed by atoms with Crippen molar-refractivity contribution < 1.29 is 28.5 Å². The lowest BCUT2D eigenvalue weighted by Crippen LogP contribution is -2.04. The van der Waals surface area contributed by atoms with Crippen LogP contribution in [0.1, 0.15) is 31.2 Å². The zero-order valence-corrected chi connectivity index (χ0v) is 24.5. The number of carbonyl (C=O) groups excluding carboxylic acids is 2. The number of carbonyl (C=O) groups is 2. The zero-order chi connectivity index (χ0) is 29.9. The van der Waals surface area contributed by atoms with Gasteiger partial charge in [-0.05, 0) is 73.0 Å². The number of imidazole rings is 1. The third kappa shape index (κ3) is 7.46. The molecule has 0 aliphatic carbocycles. The molecular formula is C34H36N2O6. The topological polar surface area (TPSA) is 88.9 Å². The minimum absolute atomic E-state index is 0.194. The normalized spacial score (nSPS) is 11.0. The fourth-order valence-corrected chi connectivity index (χ4v) is 4.68. The van der Waals surface area contributed by atoms with E-state index in [0.29, 0.717) is 13.0 Å². The van der Waals surface area contributed by atoms with Crippen molar-refractivity contribution >= 4 is 18.0 Å². The van der Waals surface area contributed by atoms with Crippen molar-refractivity contribution in [3.63, 3.8) is 0 Å². The molecule has 4 rings (SSSR count). The Balaban J connectivity index is 1.80. The van der Waals surface area contributed by atoms with Gasteiger partial charge in [0.2, 0.25) is 0 Å². The number of benzene rings is 3. The lowest BCUT2D eigenvalue weighted by Gasteiger charge is -2.14. The molecule has 0 bridgehead atoms. The van der Waals surface area contributed by atoms with Gasteiger partial charge < -0.3 is 23.5 Å². The van der Waals surface area contributed by atoms with E-state index in [4.69, 9.17) is 23.9 Å². The molecule has 8 heteroatoms. The van der Waals surface area contributed by atoms with Crippen LogP contribution in [0.4, 0.5) is 0 Å². The molecule has 1 aromatic heterocycles. The molecule has 218 valence electrons. The fraction of sp³-hybridized carbons (Fsp3) is 0.265. The molecular weight excluding hydrogens is 532 g/mol. The number of nitrogens with zero attached hydrogens (tertiary/aromatic N) is 2. The number of rotatable bonds is 13. The number of hydrogen-bond donors (Lipinski definition) is 0.